The number of nitrogens with zero attached hydrogens (tertiary/aromatic N) is 2. The second-order valence-corrected chi connectivity index (χ2v) is 10.7. The number of hydrogen-bond donors (Lipinski definition) is 0. The van der Waals surface area contributed by atoms with Gasteiger partial charge in [0.05, 0.1) is 97.1 Å². The summed E-state index contributed by atoms with van der Waals surface area (Å²) in [6.45, 7) is 10.3. The molecule has 2 aliphatic heterocycles. The minimum atomic E-state index is -0.559. The molecule has 4 rings (SSSR count). The first-order valence-electron chi connectivity index (χ1n) is 16.0. The van der Waals surface area contributed by atoms with Crippen molar-refractivity contribution in [2.45, 2.75) is 13.8 Å². The van der Waals surface area contributed by atoms with Crippen LogP contribution in [0.2, 0.25) is 0 Å². The first-order valence-corrected chi connectivity index (χ1v) is 16.0. The Morgan fingerprint density at radius 1 is 0.574 bits per heavy atom. The van der Waals surface area contributed by atoms with Gasteiger partial charge in [0.2, 0.25) is 0 Å². The zero-order valence-electron chi connectivity index (χ0n) is 27.3. The van der Waals surface area contributed by atoms with Crippen molar-refractivity contribution in [1.82, 2.24) is 0 Å². The standard InChI is InChI=1S/C33H46N2O12/c1-25(2)24-47-33(36)27-22-31-32(46-20-16-42-12-8-38-7-11-41-15-19-45-31)23-28(27)35-34-26-3-4-29-30(21-26)44-18-14-40-10-6-37-5-9-39-13-17-43-29/h3-4,21-23,25H,5-20,24H2,1-2H3. The number of carbonyl (C=O) groups is 1. The van der Waals surface area contributed by atoms with E-state index in [4.69, 9.17) is 52.1 Å². The van der Waals surface area contributed by atoms with Crippen molar-refractivity contribution < 1.29 is 56.9 Å². The second-order valence-electron chi connectivity index (χ2n) is 10.7. The van der Waals surface area contributed by atoms with Crippen LogP contribution in [0.15, 0.2) is 40.6 Å². The summed E-state index contributed by atoms with van der Waals surface area (Å²) in [5.74, 6) is 1.30. The van der Waals surface area contributed by atoms with Crippen LogP contribution in [0.3, 0.4) is 0 Å². The third-order valence-electron chi connectivity index (χ3n) is 6.46. The van der Waals surface area contributed by atoms with Gasteiger partial charge in [0, 0.05) is 18.2 Å². The van der Waals surface area contributed by atoms with E-state index in [2.05, 4.69) is 10.2 Å². The van der Waals surface area contributed by atoms with Crippen LogP contribution in [0.5, 0.6) is 23.0 Å². The van der Waals surface area contributed by atoms with E-state index < -0.39 is 5.97 Å². The fraction of sp³-hybridized carbons (Fsp3) is 0.606. The monoisotopic (exact) mass is 662 g/mol. The molecule has 260 valence electrons. The molecule has 47 heavy (non-hydrogen) atoms. The molecule has 0 radical (unpaired) electrons. The quantitative estimate of drug-likeness (QED) is 0.327. The largest absolute Gasteiger partial charge is 0.487 e. The SMILES string of the molecule is CC(C)COC(=O)c1cc2c(cc1N=Nc1ccc3c(c1)OCCOCCOCCOCCO3)OCCOCCOCCOCCO2. The Kier molecular flexibility index (Phi) is 16.5. The number of ether oxygens (including phenoxy) is 11. The number of benzene rings is 2. The molecule has 14 heteroatoms. The topological polar surface area (TPSA) is 143 Å². The molecule has 0 atom stereocenters. The van der Waals surface area contributed by atoms with Crippen LogP contribution in [-0.4, -0.2) is 118 Å². The Bertz CT molecular complexity index is 1240. The van der Waals surface area contributed by atoms with Crippen LogP contribution in [0.4, 0.5) is 11.4 Å². The first-order chi connectivity index (χ1) is 23.1. The molecule has 0 fully saturated rings. The van der Waals surface area contributed by atoms with Gasteiger partial charge in [0.25, 0.3) is 0 Å². The van der Waals surface area contributed by atoms with E-state index in [-0.39, 0.29) is 37.0 Å². The van der Waals surface area contributed by atoms with Gasteiger partial charge in [0.1, 0.15) is 32.1 Å². The van der Waals surface area contributed by atoms with E-state index in [1.165, 1.54) is 0 Å². The summed E-state index contributed by atoms with van der Waals surface area (Å²) in [4.78, 5) is 13.3. The van der Waals surface area contributed by atoms with E-state index >= 15 is 0 Å². The maximum absolute atomic E-state index is 13.3. The molecule has 0 saturated heterocycles. The molecule has 2 aromatic carbocycles. The molecule has 0 N–H and O–H groups in total. The van der Waals surface area contributed by atoms with E-state index in [1.54, 1.807) is 30.3 Å². The molecular formula is C33H46N2O12. The molecular weight excluding hydrogens is 616 g/mol. The van der Waals surface area contributed by atoms with E-state index in [1.807, 2.05) is 13.8 Å². The summed E-state index contributed by atoms with van der Waals surface area (Å²) >= 11 is 0. The molecule has 0 aromatic heterocycles. The Morgan fingerprint density at radius 2 is 1.00 bits per heavy atom. The minimum Gasteiger partial charge on any atom is -0.487 e. The fourth-order valence-electron chi connectivity index (χ4n) is 4.17. The summed E-state index contributed by atoms with van der Waals surface area (Å²) in [7, 11) is 0. The highest BCUT2D eigenvalue weighted by Crippen LogP contribution is 2.38. The number of hydrogen-bond acceptors (Lipinski definition) is 14. The third-order valence-corrected chi connectivity index (χ3v) is 6.46. The van der Waals surface area contributed by atoms with Gasteiger partial charge in [-0.2, -0.15) is 5.11 Å². The molecule has 2 heterocycles. The van der Waals surface area contributed by atoms with E-state index in [0.717, 1.165) is 0 Å². The van der Waals surface area contributed by atoms with Crippen LogP contribution >= 0.6 is 0 Å². The lowest BCUT2D eigenvalue weighted by atomic mass is 10.1. The summed E-state index contributed by atoms with van der Waals surface area (Å²) in [6, 6.07) is 8.36. The van der Waals surface area contributed by atoms with Crippen molar-refractivity contribution in [3.8, 4) is 23.0 Å². The zero-order valence-corrected chi connectivity index (χ0v) is 27.3. The lowest BCUT2D eigenvalue weighted by molar-refractivity contribution is 0.00708. The highest BCUT2D eigenvalue weighted by atomic mass is 16.6. The Hall–Kier alpha value is -3.53. The van der Waals surface area contributed by atoms with Gasteiger partial charge >= 0.3 is 5.97 Å². The smallest absolute Gasteiger partial charge is 0.340 e. The van der Waals surface area contributed by atoms with Crippen molar-refractivity contribution in [3.05, 3.63) is 35.9 Å². The number of carbonyl (C=O) groups excluding carboxylic acids is 1. The molecule has 2 aliphatic rings. The number of azo groups is 1. The first kappa shape index (κ1) is 36.3. The number of esters is 1. The summed E-state index contributed by atoms with van der Waals surface area (Å²) < 4.78 is 62.6. The van der Waals surface area contributed by atoms with E-state index in [9.17, 15) is 4.79 Å². The van der Waals surface area contributed by atoms with Gasteiger partial charge in [-0.15, -0.1) is 5.11 Å². The van der Waals surface area contributed by atoms with Gasteiger partial charge in [0.15, 0.2) is 23.0 Å². The molecule has 0 spiro atoms. The van der Waals surface area contributed by atoms with Crippen molar-refractivity contribution in [3.63, 3.8) is 0 Å². The second kappa shape index (κ2) is 21.4. The van der Waals surface area contributed by atoms with Crippen LogP contribution in [0, 0.1) is 5.92 Å². The normalized spacial score (nSPS) is 18.4. The maximum atomic E-state index is 13.3. The average Bonchev–Trinajstić information content (AvgIpc) is 3.08. The zero-order chi connectivity index (χ0) is 32.9. The average molecular weight is 663 g/mol. The highest BCUT2D eigenvalue weighted by Gasteiger charge is 2.20. The van der Waals surface area contributed by atoms with Crippen molar-refractivity contribution in [2.75, 3.05) is 112 Å². The lowest BCUT2D eigenvalue weighted by Gasteiger charge is -2.16. The summed E-state index contributed by atoms with van der Waals surface area (Å²) in [6.07, 6.45) is 0. The lowest BCUT2D eigenvalue weighted by Crippen LogP contribution is -2.13. The maximum Gasteiger partial charge on any atom is 0.340 e. The predicted octanol–water partition coefficient (Wildman–Crippen LogP) is 4.56. The predicted molar refractivity (Wildman–Crippen MR) is 169 cm³/mol. The molecule has 2 aromatic rings. The van der Waals surface area contributed by atoms with Gasteiger partial charge in [-0.05, 0) is 18.1 Å². The molecule has 0 amide bonds. The Labute approximate surface area is 275 Å². The van der Waals surface area contributed by atoms with Crippen molar-refractivity contribution in [1.29, 1.82) is 0 Å². The molecule has 0 saturated carbocycles. The number of fused-ring (bicyclic) bond motifs is 2. The summed E-state index contributed by atoms with van der Waals surface area (Å²) in [5, 5.41) is 8.88. The van der Waals surface area contributed by atoms with Crippen molar-refractivity contribution in [2.24, 2.45) is 16.1 Å². The molecule has 14 nitrogen and oxygen atoms in total. The fourth-order valence-corrected chi connectivity index (χ4v) is 4.17. The van der Waals surface area contributed by atoms with Crippen molar-refractivity contribution >= 4 is 17.3 Å². The molecule has 0 aliphatic carbocycles. The van der Waals surface area contributed by atoms with Gasteiger partial charge < -0.3 is 52.1 Å². The van der Waals surface area contributed by atoms with Gasteiger partial charge in [-0.3, -0.25) is 0 Å². The van der Waals surface area contributed by atoms with Crippen LogP contribution in [0.1, 0.15) is 24.2 Å². The summed E-state index contributed by atoms with van der Waals surface area (Å²) in [5.41, 5.74) is 0.888. The Morgan fingerprint density at radius 3 is 1.49 bits per heavy atom. The van der Waals surface area contributed by atoms with Crippen LogP contribution in [-0.2, 0) is 33.2 Å². The third kappa shape index (κ3) is 13.6. The van der Waals surface area contributed by atoms with Crippen LogP contribution < -0.4 is 18.9 Å². The Balaban J connectivity index is 1.58. The molecule has 0 bridgehead atoms. The highest BCUT2D eigenvalue weighted by molar-refractivity contribution is 5.96. The van der Waals surface area contributed by atoms with Gasteiger partial charge in [-0.25, -0.2) is 4.79 Å². The minimum absolute atomic E-state index is 0.142. The molecule has 0 unspecified atom stereocenters. The van der Waals surface area contributed by atoms with Gasteiger partial charge in [-0.1, -0.05) is 13.8 Å². The van der Waals surface area contributed by atoms with Crippen LogP contribution in [0.25, 0.3) is 0 Å². The number of rotatable bonds is 5. The van der Waals surface area contributed by atoms with E-state index in [0.29, 0.717) is 121 Å².